The van der Waals surface area contributed by atoms with Gasteiger partial charge in [-0.15, -0.1) is 0 Å². The van der Waals surface area contributed by atoms with Gasteiger partial charge in [-0.1, -0.05) is 6.92 Å². The Balaban J connectivity index is 2.52. The van der Waals surface area contributed by atoms with Crippen molar-refractivity contribution in [3.05, 3.63) is 23.8 Å². The van der Waals surface area contributed by atoms with Crippen LogP contribution in [0.3, 0.4) is 0 Å². The second-order valence-electron chi connectivity index (χ2n) is 3.79. The van der Waals surface area contributed by atoms with E-state index in [1.165, 1.54) is 0 Å². The highest BCUT2D eigenvalue weighted by Crippen LogP contribution is 2.23. The van der Waals surface area contributed by atoms with Gasteiger partial charge in [0.1, 0.15) is 11.5 Å². The van der Waals surface area contributed by atoms with Crippen molar-refractivity contribution in [2.45, 2.75) is 13.5 Å². The van der Waals surface area contributed by atoms with E-state index in [9.17, 15) is 4.21 Å². The van der Waals surface area contributed by atoms with Gasteiger partial charge in [-0.3, -0.25) is 4.21 Å². The molecule has 102 valence electrons. The third kappa shape index (κ3) is 4.66. The lowest BCUT2D eigenvalue weighted by atomic mass is 10.2. The quantitative estimate of drug-likeness (QED) is 0.729. The molecule has 0 radical (unpaired) electrons. The number of ether oxygens (including phenoxy) is 2. The first-order valence-corrected chi connectivity index (χ1v) is 7.46. The van der Waals surface area contributed by atoms with E-state index < -0.39 is 10.8 Å². The summed E-state index contributed by atoms with van der Waals surface area (Å²) in [4.78, 5) is 0. The predicted molar refractivity (Wildman–Crippen MR) is 74.8 cm³/mol. The molecule has 0 bridgehead atoms. The molecule has 1 N–H and O–H groups in total. The highest BCUT2D eigenvalue weighted by Gasteiger charge is 2.04. The van der Waals surface area contributed by atoms with Crippen molar-refractivity contribution in [3.63, 3.8) is 0 Å². The molecule has 0 aliphatic rings. The molecule has 0 aliphatic heterocycles. The van der Waals surface area contributed by atoms with Crippen LogP contribution in [0.15, 0.2) is 18.2 Å². The molecule has 0 saturated heterocycles. The van der Waals surface area contributed by atoms with E-state index in [4.69, 9.17) is 9.47 Å². The molecule has 1 unspecified atom stereocenters. The monoisotopic (exact) mass is 271 g/mol. The van der Waals surface area contributed by atoms with E-state index in [1.807, 2.05) is 25.1 Å². The van der Waals surface area contributed by atoms with Gasteiger partial charge in [0.2, 0.25) is 0 Å². The zero-order valence-electron chi connectivity index (χ0n) is 11.2. The molecule has 1 aromatic rings. The first kappa shape index (κ1) is 15.0. The number of benzene rings is 1. The Morgan fingerprint density at radius 2 is 2.06 bits per heavy atom. The maximum absolute atomic E-state index is 11.3. The minimum Gasteiger partial charge on any atom is -0.497 e. The summed E-state index contributed by atoms with van der Waals surface area (Å²) in [5.41, 5.74) is 1.04. The zero-order valence-corrected chi connectivity index (χ0v) is 12.0. The van der Waals surface area contributed by atoms with Gasteiger partial charge in [0.25, 0.3) is 0 Å². The van der Waals surface area contributed by atoms with E-state index >= 15 is 0 Å². The minimum absolute atomic E-state index is 0.682. The minimum atomic E-state index is -0.716. The first-order valence-electron chi connectivity index (χ1n) is 5.97. The molecule has 0 fully saturated rings. The lowest BCUT2D eigenvalue weighted by Gasteiger charge is -2.11. The normalized spacial score (nSPS) is 12.2. The fourth-order valence-electron chi connectivity index (χ4n) is 1.57. The van der Waals surface area contributed by atoms with Gasteiger partial charge in [-0.2, -0.15) is 0 Å². The SMILES string of the molecule is CCS(=O)CCNCc1cc(OC)ccc1OC. The van der Waals surface area contributed by atoms with E-state index in [2.05, 4.69) is 5.32 Å². The largest absolute Gasteiger partial charge is 0.497 e. The Morgan fingerprint density at radius 3 is 2.67 bits per heavy atom. The highest BCUT2D eigenvalue weighted by molar-refractivity contribution is 7.84. The molecule has 1 atom stereocenters. The lowest BCUT2D eigenvalue weighted by Crippen LogP contribution is -2.21. The molecular weight excluding hydrogens is 250 g/mol. The number of hydrogen-bond acceptors (Lipinski definition) is 4. The number of hydrogen-bond donors (Lipinski definition) is 1. The molecule has 0 aromatic heterocycles. The highest BCUT2D eigenvalue weighted by atomic mass is 32.2. The smallest absolute Gasteiger partial charge is 0.123 e. The van der Waals surface area contributed by atoms with Crippen molar-refractivity contribution >= 4 is 10.8 Å². The average molecular weight is 271 g/mol. The third-order valence-electron chi connectivity index (χ3n) is 2.63. The summed E-state index contributed by atoms with van der Waals surface area (Å²) in [5.74, 6) is 3.04. The Morgan fingerprint density at radius 1 is 1.28 bits per heavy atom. The van der Waals surface area contributed by atoms with Gasteiger partial charge in [0.15, 0.2) is 0 Å². The van der Waals surface area contributed by atoms with E-state index in [0.29, 0.717) is 18.1 Å². The van der Waals surface area contributed by atoms with Crippen molar-refractivity contribution in [2.75, 3.05) is 32.3 Å². The molecule has 0 amide bonds. The number of nitrogens with one attached hydrogen (secondary N) is 1. The molecule has 1 rings (SSSR count). The van der Waals surface area contributed by atoms with E-state index in [1.54, 1.807) is 14.2 Å². The van der Waals surface area contributed by atoms with Crippen LogP contribution >= 0.6 is 0 Å². The van der Waals surface area contributed by atoms with Gasteiger partial charge in [-0.05, 0) is 18.2 Å². The van der Waals surface area contributed by atoms with Crippen molar-refractivity contribution in [3.8, 4) is 11.5 Å². The van der Waals surface area contributed by atoms with Crippen molar-refractivity contribution < 1.29 is 13.7 Å². The lowest BCUT2D eigenvalue weighted by molar-refractivity contribution is 0.397. The van der Waals surface area contributed by atoms with E-state index in [0.717, 1.165) is 23.6 Å². The van der Waals surface area contributed by atoms with Crippen LogP contribution in [-0.4, -0.2) is 36.5 Å². The van der Waals surface area contributed by atoms with Crippen LogP contribution in [0.4, 0.5) is 0 Å². The van der Waals surface area contributed by atoms with Gasteiger partial charge < -0.3 is 14.8 Å². The summed E-state index contributed by atoms with van der Waals surface area (Å²) >= 11 is 0. The van der Waals surface area contributed by atoms with Crippen LogP contribution in [-0.2, 0) is 17.3 Å². The summed E-state index contributed by atoms with van der Waals surface area (Å²) in [6.07, 6.45) is 0. The van der Waals surface area contributed by atoms with E-state index in [-0.39, 0.29) is 0 Å². The van der Waals surface area contributed by atoms with Gasteiger partial charge in [0.05, 0.1) is 14.2 Å². The molecular formula is C13H21NO3S. The fourth-order valence-corrected chi connectivity index (χ4v) is 2.23. The summed E-state index contributed by atoms with van der Waals surface area (Å²) < 4.78 is 21.7. The van der Waals surface area contributed by atoms with Crippen molar-refractivity contribution in [1.82, 2.24) is 5.32 Å². The third-order valence-corrected chi connectivity index (χ3v) is 3.93. The van der Waals surface area contributed by atoms with Crippen molar-refractivity contribution in [1.29, 1.82) is 0 Å². The van der Waals surface area contributed by atoms with Gasteiger partial charge in [0, 0.05) is 41.0 Å². The van der Waals surface area contributed by atoms with Crippen LogP contribution in [0.2, 0.25) is 0 Å². The fraction of sp³-hybridized carbons (Fsp3) is 0.538. The number of rotatable bonds is 8. The molecule has 18 heavy (non-hydrogen) atoms. The average Bonchev–Trinajstić information content (AvgIpc) is 2.42. The van der Waals surface area contributed by atoms with Crippen LogP contribution < -0.4 is 14.8 Å². The summed E-state index contributed by atoms with van der Waals surface area (Å²) in [6.45, 7) is 3.35. The van der Waals surface area contributed by atoms with Crippen LogP contribution in [0.1, 0.15) is 12.5 Å². The zero-order chi connectivity index (χ0) is 13.4. The van der Waals surface area contributed by atoms with Crippen LogP contribution in [0.25, 0.3) is 0 Å². The Kier molecular flexibility index (Phi) is 6.75. The molecule has 1 aromatic carbocycles. The summed E-state index contributed by atoms with van der Waals surface area (Å²) in [6, 6.07) is 5.71. The first-order chi connectivity index (χ1) is 8.71. The second-order valence-corrected chi connectivity index (χ2v) is 5.65. The Bertz CT molecular complexity index is 396. The number of methoxy groups -OCH3 is 2. The molecule has 0 aliphatic carbocycles. The summed E-state index contributed by atoms with van der Waals surface area (Å²) in [5, 5.41) is 3.26. The Labute approximate surface area is 111 Å². The molecule has 5 heteroatoms. The molecule has 4 nitrogen and oxygen atoms in total. The predicted octanol–water partition coefficient (Wildman–Crippen LogP) is 1.56. The maximum Gasteiger partial charge on any atom is 0.123 e. The molecule has 0 saturated carbocycles. The van der Waals surface area contributed by atoms with Gasteiger partial charge in [-0.25, -0.2) is 0 Å². The van der Waals surface area contributed by atoms with Crippen LogP contribution in [0.5, 0.6) is 11.5 Å². The van der Waals surface area contributed by atoms with Gasteiger partial charge >= 0.3 is 0 Å². The topological polar surface area (TPSA) is 47.6 Å². The van der Waals surface area contributed by atoms with Crippen LogP contribution in [0, 0.1) is 0 Å². The van der Waals surface area contributed by atoms with Crippen molar-refractivity contribution in [2.24, 2.45) is 0 Å². The maximum atomic E-state index is 11.3. The second kappa shape index (κ2) is 8.11. The standard InChI is InChI=1S/C13H21NO3S/c1-4-18(15)8-7-14-10-11-9-12(16-2)5-6-13(11)17-3/h5-6,9,14H,4,7-8,10H2,1-3H3. The summed E-state index contributed by atoms with van der Waals surface area (Å²) in [7, 11) is 2.58. The molecule has 0 spiro atoms. The molecule has 0 heterocycles. The Hall–Kier alpha value is -1.07.